The molecule has 8 nitrogen and oxygen atoms in total. The van der Waals surface area contributed by atoms with Gasteiger partial charge in [0, 0.05) is 24.2 Å². The molecule has 1 aromatic heterocycles. The van der Waals surface area contributed by atoms with Crippen LogP contribution in [0.1, 0.15) is 34.0 Å². The zero-order valence-corrected chi connectivity index (χ0v) is 15.9. The fraction of sp³-hybridized carbons (Fsp3) is 0.136. The van der Waals surface area contributed by atoms with Crippen LogP contribution < -0.4 is 15.8 Å². The van der Waals surface area contributed by atoms with Crippen molar-refractivity contribution < 1.29 is 24.2 Å². The van der Waals surface area contributed by atoms with Gasteiger partial charge in [0.15, 0.2) is 6.61 Å². The van der Waals surface area contributed by atoms with Gasteiger partial charge in [-0.25, -0.2) is 4.79 Å². The van der Waals surface area contributed by atoms with Crippen LogP contribution in [0.3, 0.4) is 0 Å². The largest absolute Gasteiger partial charge is 0.484 e. The molecular formula is C22H19N3O5. The second-order valence-electron chi connectivity index (χ2n) is 6.95. The first-order valence-corrected chi connectivity index (χ1v) is 9.29. The Kier molecular flexibility index (Phi) is 4.97. The predicted molar refractivity (Wildman–Crippen MR) is 109 cm³/mol. The molecule has 0 saturated heterocycles. The third-order valence-corrected chi connectivity index (χ3v) is 4.93. The maximum atomic E-state index is 12.4. The van der Waals surface area contributed by atoms with Gasteiger partial charge in [-0.2, -0.15) is 0 Å². The van der Waals surface area contributed by atoms with Gasteiger partial charge in [-0.1, -0.05) is 30.3 Å². The number of carboxylic acid groups (broad SMARTS) is 1. The van der Waals surface area contributed by atoms with Crippen LogP contribution in [0, 0.1) is 0 Å². The molecule has 152 valence electrons. The lowest BCUT2D eigenvalue weighted by Crippen LogP contribution is -2.25. The summed E-state index contributed by atoms with van der Waals surface area (Å²) in [5, 5.41) is 12.4. The molecule has 30 heavy (non-hydrogen) atoms. The maximum absolute atomic E-state index is 12.4. The second kappa shape index (κ2) is 7.75. The average Bonchev–Trinajstić information content (AvgIpc) is 3.12. The number of anilines is 1. The molecule has 4 N–H and O–H groups in total. The van der Waals surface area contributed by atoms with Crippen LogP contribution in [-0.4, -0.2) is 34.1 Å². The number of para-hydroxylation sites is 1. The van der Waals surface area contributed by atoms with Crippen molar-refractivity contribution in [1.82, 2.24) is 4.57 Å². The first-order chi connectivity index (χ1) is 14.4. The number of carbonyl (C=O) groups is 3. The number of nitrogens with zero attached hydrogens (tertiary/aromatic N) is 1. The van der Waals surface area contributed by atoms with Crippen molar-refractivity contribution in [1.29, 1.82) is 0 Å². The van der Waals surface area contributed by atoms with E-state index in [1.165, 1.54) is 6.20 Å². The zero-order chi connectivity index (χ0) is 21.3. The summed E-state index contributed by atoms with van der Waals surface area (Å²) in [4.78, 5) is 35.3. The smallest absolute Gasteiger partial charge is 0.339 e. The summed E-state index contributed by atoms with van der Waals surface area (Å²) in [5.41, 5.74) is 7.67. The van der Waals surface area contributed by atoms with Crippen LogP contribution >= 0.6 is 0 Å². The number of carbonyl (C=O) groups excluding carboxylic acids is 2. The summed E-state index contributed by atoms with van der Waals surface area (Å²) >= 11 is 0. The topological polar surface area (TPSA) is 124 Å². The van der Waals surface area contributed by atoms with E-state index >= 15 is 0 Å². The summed E-state index contributed by atoms with van der Waals surface area (Å²) in [6.45, 7) is -0.261. The normalized spacial score (nSPS) is 15.2. The first-order valence-electron chi connectivity index (χ1n) is 9.29. The number of benzene rings is 2. The number of fused-ring (bicyclic) bond motifs is 1. The Morgan fingerprint density at radius 3 is 2.63 bits per heavy atom. The molecule has 2 aromatic carbocycles. The highest BCUT2D eigenvalue weighted by Gasteiger charge is 2.34. The quantitative estimate of drug-likeness (QED) is 0.581. The number of nitrogens with one attached hydrogen (secondary N) is 1. The lowest BCUT2D eigenvalue weighted by molar-refractivity contribution is -0.120. The summed E-state index contributed by atoms with van der Waals surface area (Å²) in [7, 11) is 0. The molecule has 1 aliphatic rings. The number of amides is 2. The van der Waals surface area contributed by atoms with Gasteiger partial charge < -0.3 is 25.5 Å². The van der Waals surface area contributed by atoms with E-state index in [9.17, 15) is 19.5 Å². The number of primary amides is 1. The lowest BCUT2D eigenvalue weighted by atomic mass is 9.88. The van der Waals surface area contributed by atoms with Crippen molar-refractivity contribution in [3.8, 4) is 11.4 Å². The molecular weight excluding hydrogens is 386 g/mol. The summed E-state index contributed by atoms with van der Waals surface area (Å²) in [6, 6.07) is 16.3. The molecule has 2 amide bonds. The molecule has 0 radical (unpaired) electrons. The monoisotopic (exact) mass is 405 g/mol. The Labute approximate surface area is 171 Å². The minimum Gasteiger partial charge on any atom is -0.484 e. The van der Waals surface area contributed by atoms with Crippen LogP contribution in [0.4, 0.5) is 5.69 Å². The molecule has 8 heteroatoms. The van der Waals surface area contributed by atoms with E-state index in [1.807, 2.05) is 36.4 Å². The Balaban J connectivity index is 1.85. The molecule has 4 rings (SSSR count). The van der Waals surface area contributed by atoms with Gasteiger partial charge in [0.2, 0.25) is 5.91 Å². The van der Waals surface area contributed by atoms with Crippen molar-refractivity contribution in [2.24, 2.45) is 5.73 Å². The number of carboxylic acids is 1. The SMILES string of the molecule is NC(=O)COc1cccc(C2CC(=O)Nc3c(C(=O)O)cn(-c4ccccc4)c32)c1. The molecule has 0 saturated carbocycles. The van der Waals surface area contributed by atoms with E-state index < -0.39 is 17.8 Å². The predicted octanol–water partition coefficient (Wildman–Crippen LogP) is 2.51. The van der Waals surface area contributed by atoms with E-state index in [2.05, 4.69) is 5.32 Å². The number of hydrogen-bond acceptors (Lipinski definition) is 4. The minimum absolute atomic E-state index is 0.0213. The molecule has 0 fully saturated rings. The molecule has 0 spiro atoms. The molecule has 0 aliphatic carbocycles. The van der Waals surface area contributed by atoms with E-state index in [1.54, 1.807) is 22.8 Å². The van der Waals surface area contributed by atoms with Crippen LogP contribution in [0.25, 0.3) is 5.69 Å². The molecule has 1 aliphatic heterocycles. The van der Waals surface area contributed by atoms with Gasteiger partial charge in [-0.15, -0.1) is 0 Å². The van der Waals surface area contributed by atoms with E-state index in [-0.39, 0.29) is 30.2 Å². The maximum Gasteiger partial charge on any atom is 0.339 e. The van der Waals surface area contributed by atoms with Crippen LogP contribution in [0.15, 0.2) is 60.8 Å². The third kappa shape index (κ3) is 3.62. The average molecular weight is 405 g/mol. The Morgan fingerprint density at radius 1 is 1.17 bits per heavy atom. The van der Waals surface area contributed by atoms with Gasteiger partial charge >= 0.3 is 5.97 Å². The van der Waals surface area contributed by atoms with E-state index in [4.69, 9.17) is 10.5 Å². The summed E-state index contributed by atoms with van der Waals surface area (Å²) in [6.07, 6.45) is 1.66. The molecule has 2 heterocycles. The van der Waals surface area contributed by atoms with Gasteiger partial charge in [0.1, 0.15) is 11.3 Å². The van der Waals surface area contributed by atoms with Gasteiger partial charge in [0.25, 0.3) is 5.91 Å². The summed E-state index contributed by atoms with van der Waals surface area (Å²) < 4.78 is 7.19. The van der Waals surface area contributed by atoms with Gasteiger partial charge in [0.05, 0.1) is 11.4 Å². The zero-order valence-electron chi connectivity index (χ0n) is 15.9. The third-order valence-electron chi connectivity index (χ3n) is 4.93. The highest BCUT2D eigenvalue weighted by atomic mass is 16.5. The van der Waals surface area contributed by atoms with E-state index in [0.717, 1.165) is 11.3 Å². The van der Waals surface area contributed by atoms with Crippen molar-refractivity contribution >= 4 is 23.5 Å². The number of nitrogens with two attached hydrogens (primary N) is 1. The molecule has 0 bridgehead atoms. The number of hydrogen-bond donors (Lipinski definition) is 3. The number of aromatic nitrogens is 1. The lowest BCUT2D eigenvalue weighted by Gasteiger charge is -2.26. The fourth-order valence-electron chi connectivity index (χ4n) is 3.68. The van der Waals surface area contributed by atoms with Crippen molar-refractivity contribution in [2.45, 2.75) is 12.3 Å². The van der Waals surface area contributed by atoms with Crippen molar-refractivity contribution in [3.05, 3.63) is 77.6 Å². The standard InChI is InChI=1S/C22H19N3O5/c23-18(26)12-30-15-8-4-5-13(9-15)16-10-19(27)24-20-17(22(28)29)11-25(21(16)20)14-6-2-1-3-7-14/h1-9,11,16H,10,12H2,(H2,23,26)(H,24,27)(H,28,29). The van der Waals surface area contributed by atoms with Crippen LogP contribution in [-0.2, 0) is 9.59 Å². The Hall–Kier alpha value is -4.07. The van der Waals surface area contributed by atoms with Gasteiger partial charge in [-0.05, 0) is 29.8 Å². The van der Waals surface area contributed by atoms with Crippen LogP contribution in [0.2, 0.25) is 0 Å². The van der Waals surface area contributed by atoms with E-state index in [0.29, 0.717) is 11.4 Å². The van der Waals surface area contributed by atoms with Crippen molar-refractivity contribution in [3.63, 3.8) is 0 Å². The summed E-state index contributed by atoms with van der Waals surface area (Å²) in [5.74, 6) is -1.96. The number of rotatable bonds is 6. The molecule has 3 aromatic rings. The first kappa shape index (κ1) is 19.3. The Bertz CT molecular complexity index is 1140. The Morgan fingerprint density at radius 2 is 1.93 bits per heavy atom. The number of aromatic carboxylic acids is 1. The van der Waals surface area contributed by atoms with Crippen LogP contribution in [0.5, 0.6) is 5.75 Å². The molecule has 1 atom stereocenters. The molecule has 1 unspecified atom stereocenters. The number of ether oxygens (including phenoxy) is 1. The fourth-order valence-corrected chi connectivity index (χ4v) is 3.68. The highest BCUT2D eigenvalue weighted by molar-refractivity contribution is 6.04. The minimum atomic E-state index is -1.12. The highest BCUT2D eigenvalue weighted by Crippen LogP contribution is 2.42. The second-order valence-corrected chi connectivity index (χ2v) is 6.95. The van der Waals surface area contributed by atoms with Crippen molar-refractivity contribution in [2.75, 3.05) is 11.9 Å². The van der Waals surface area contributed by atoms with Gasteiger partial charge in [-0.3, -0.25) is 9.59 Å².